The smallest absolute Gasteiger partial charge is 0.342 e. The van der Waals surface area contributed by atoms with Crippen LogP contribution >= 0.6 is 0 Å². The van der Waals surface area contributed by atoms with Gasteiger partial charge in [0.1, 0.15) is 23.7 Å². The van der Waals surface area contributed by atoms with E-state index >= 15 is 0 Å². The Bertz CT molecular complexity index is 1340. The van der Waals surface area contributed by atoms with Crippen LogP contribution in [0.1, 0.15) is 33.5 Å². The van der Waals surface area contributed by atoms with Gasteiger partial charge in [0, 0.05) is 23.5 Å². The SMILES string of the molecule is CN(C)CCCN1c2ccccc2CCc2ccccc21.O=C(OCc1ccccc1O)c1ccccc1O. The van der Waals surface area contributed by atoms with Crippen LogP contribution in [0.4, 0.5) is 11.4 Å². The number of hydrogen-bond donors (Lipinski definition) is 2. The minimum atomic E-state index is -0.628. The number of aromatic hydroxyl groups is 2. The lowest BCUT2D eigenvalue weighted by Crippen LogP contribution is -2.23. The Balaban J connectivity index is 0.000000183. The van der Waals surface area contributed by atoms with Gasteiger partial charge in [-0.2, -0.15) is 0 Å². The molecule has 0 spiro atoms. The fourth-order valence-corrected chi connectivity index (χ4v) is 4.66. The second-order valence-electron chi connectivity index (χ2n) is 9.79. The number of phenols is 2. The number of para-hydroxylation sites is 4. The Morgan fingerprint density at radius 3 is 1.90 bits per heavy atom. The maximum atomic E-state index is 11.7. The monoisotopic (exact) mass is 524 g/mol. The summed E-state index contributed by atoms with van der Waals surface area (Å²) in [5, 5.41) is 19.0. The molecule has 4 aromatic rings. The van der Waals surface area contributed by atoms with Gasteiger partial charge in [0.15, 0.2) is 0 Å². The molecule has 202 valence electrons. The molecule has 0 bridgehead atoms. The largest absolute Gasteiger partial charge is 0.508 e. The van der Waals surface area contributed by atoms with Gasteiger partial charge in [-0.05, 0) is 81.4 Å². The first-order valence-corrected chi connectivity index (χ1v) is 13.2. The molecule has 4 aromatic carbocycles. The number of esters is 1. The molecule has 6 heteroatoms. The van der Waals surface area contributed by atoms with E-state index in [1.807, 2.05) is 0 Å². The normalized spacial score (nSPS) is 12.0. The molecule has 1 aliphatic rings. The van der Waals surface area contributed by atoms with E-state index < -0.39 is 5.97 Å². The van der Waals surface area contributed by atoms with Gasteiger partial charge in [0.25, 0.3) is 0 Å². The van der Waals surface area contributed by atoms with Crippen LogP contribution in [0.15, 0.2) is 97.1 Å². The molecule has 0 aliphatic carbocycles. The molecule has 0 fully saturated rings. The van der Waals surface area contributed by atoms with Crippen molar-refractivity contribution in [2.45, 2.75) is 25.9 Å². The van der Waals surface area contributed by atoms with E-state index in [1.165, 1.54) is 47.1 Å². The first kappa shape index (κ1) is 27.7. The number of aryl methyl sites for hydroxylation is 2. The number of anilines is 2. The van der Waals surface area contributed by atoms with Crippen molar-refractivity contribution in [3.8, 4) is 11.5 Å². The standard InChI is InChI=1S/C19H24N2.C14H12O4/c1-20(2)14-7-15-21-18-10-5-3-8-16(18)12-13-17-9-4-6-11-19(17)21;15-12-7-3-1-5-10(12)9-18-14(17)11-6-2-4-8-13(11)16/h3-6,8-11H,7,12-15H2,1-2H3;1-8,15-16H,9H2. The van der Waals surface area contributed by atoms with Crippen LogP contribution in [0.3, 0.4) is 0 Å². The average Bonchev–Trinajstić information content (AvgIpc) is 3.10. The zero-order chi connectivity index (χ0) is 27.6. The quantitative estimate of drug-likeness (QED) is 0.275. The summed E-state index contributed by atoms with van der Waals surface area (Å²) in [6.07, 6.45) is 3.45. The summed E-state index contributed by atoms with van der Waals surface area (Å²) in [5.41, 5.74) is 6.34. The number of carbonyl (C=O) groups excluding carboxylic acids is 1. The lowest BCUT2D eigenvalue weighted by atomic mass is 10.0. The summed E-state index contributed by atoms with van der Waals surface area (Å²) in [6.45, 7) is 2.16. The Morgan fingerprint density at radius 2 is 1.31 bits per heavy atom. The highest BCUT2D eigenvalue weighted by Crippen LogP contribution is 2.35. The Labute approximate surface area is 230 Å². The van der Waals surface area contributed by atoms with Crippen molar-refractivity contribution in [1.82, 2.24) is 4.90 Å². The number of rotatable bonds is 7. The number of benzene rings is 4. The number of phenolic OH excluding ortho intramolecular Hbond substituents is 2. The van der Waals surface area contributed by atoms with E-state index in [9.17, 15) is 15.0 Å². The number of nitrogens with zero attached hydrogens (tertiary/aromatic N) is 2. The summed E-state index contributed by atoms with van der Waals surface area (Å²) >= 11 is 0. The van der Waals surface area contributed by atoms with Crippen molar-refractivity contribution < 1.29 is 19.7 Å². The maximum Gasteiger partial charge on any atom is 0.342 e. The number of fused-ring (bicyclic) bond motifs is 2. The second-order valence-corrected chi connectivity index (χ2v) is 9.79. The summed E-state index contributed by atoms with van der Waals surface area (Å²) in [6, 6.07) is 30.5. The van der Waals surface area contributed by atoms with Crippen molar-refractivity contribution >= 4 is 17.3 Å². The third-order valence-corrected chi connectivity index (χ3v) is 6.69. The predicted molar refractivity (Wildman–Crippen MR) is 156 cm³/mol. The fraction of sp³-hybridized carbons (Fsp3) is 0.242. The summed E-state index contributed by atoms with van der Waals surface area (Å²) in [7, 11) is 4.29. The molecule has 0 atom stereocenters. The summed E-state index contributed by atoms with van der Waals surface area (Å²) < 4.78 is 5.02. The van der Waals surface area contributed by atoms with E-state index in [1.54, 1.807) is 30.3 Å². The van der Waals surface area contributed by atoms with Gasteiger partial charge in [-0.15, -0.1) is 0 Å². The van der Waals surface area contributed by atoms with Crippen molar-refractivity contribution in [3.63, 3.8) is 0 Å². The van der Waals surface area contributed by atoms with Crippen molar-refractivity contribution in [2.24, 2.45) is 0 Å². The molecule has 1 aliphatic heterocycles. The molecule has 0 radical (unpaired) electrons. The fourth-order valence-electron chi connectivity index (χ4n) is 4.66. The minimum absolute atomic E-state index is 0.0418. The molecule has 1 heterocycles. The minimum Gasteiger partial charge on any atom is -0.508 e. The number of carbonyl (C=O) groups is 1. The number of ether oxygens (including phenoxy) is 1. The van der Waals surface area contributed by atoms with Crippen LogP contribution in [-0.4, -0.2) is 48.3 Å². The molecule has 0 saturated heterocycles. The molecule has 6 nitrogen and oxygen atoms in total. The van der Waals surface area contributed by atoms with E-state index in [-0.39, 0.29) is 23.7 Å². The zero-order valence-electron chi connectivity index (χ0n) is 22.6. The maximum absolute atomic E-state index is 11.7. The lowest BCUT2D eigenvalue weighted by Gasteiger charge is -2.27. The predicted octanol–water partition coefficient (Wildman–Crippen LogP) is 6.33. The highest BCUT2D eigenvalue weighted by atomic mass is 16.5. The molecular formula is C33H36N2O4. The van der Waals surface area contributed by atoms with Crippen molar-refractivity contribution in [3.05, 3.63) is 119 Å². The van der Waals surface area contributed by atoms with Gasteiger partial charge in [-0.3, -0.25) is 0 Å². The van der Waals surface area contributed by atoms with E-state index in [0.717, 1.165) is 25.9 Å². The molecule has 0 amide bonds. The van der Waals surface area contributed by atoms with Crippen LogP contribution in [0.5, 0.6) is 11.5 Å². The summed E-state index contributed by atoms with van der Waals surface area (Å²) in [5.74, 6) is -0.682. The van der Waals surface area contributed by atoms with Crippen molar-refractivity contribution in [1.29, 1.82) is 0 Å². The van der Waals surface area contributed by atoms with Crippen LogP contribution < -0.4 is 4.90 Å². The number of hydrogen-bond acceptors (Lipinski definition) is 6. The summed E-state index contributed by atoms with van der Waals surface area (Å²) in [4.78, 5) is 16.5. The first-order valence-electron chi connectivity index (χ1n) is 13.2. The molecule has 39 heavy (non-hydrogen) atoms. The van der Waals surface area contributed by atoms with E-state index in [0.29, 0.717) is 5.56 Å². The van der Waals surface area contributed by atoms with Crippen LogP contribution in [0, 0.1) is 0 Å². The first-order chi connectivity index (χ1) is 18.9. The molecule has 5 rings (SSSR count). The van der Waals surface area contributed by atoms with Gasteiger partial charge in [-0.1, -0.05) is 66.7 Å². The molecule has 0 unspecified atom stereocenters. The van der Waals surface area contributed by atoms with Gasteiger partial charge >= 0.3 is 5.97 Å². The third-order valence-electron chi connectivity index (χ3n) is 6.69. The molecule has 0 aromatic heterocycles. The highest BCUT2D eigenvalue weighted by molar-refractivity contribution is 5.92. The van der Waals surface area contributed by atoms with E-state index in [4.69, 9.17) is 4.74 Å². The molecule has 2 N–H and O–H groups in total. The van der Waals surface area contributed by atoms with Crippen LogP contribution in [-0.2, 0) is 24.2 Å². The van der Waals surface area contributed by atoms with Crippen LogP contribution in [0.25, 0.3) is 0 Å². The Morgan fingerprint density at radius 1 is 0.769 bits per heavy atom. The van der Waals surface area contributed by atoms with E-state index in [2.05, 4.69) is 72.4 Å². The average molecular weight is 525 g/mol. The topological polar surface area (TPSA) is 73.2 Å². The second kappa shape index (κ2) is 13.5. The Kier molecular flexibility index (Phi) is 9.59. The highest BCUT2D eigenvalue weighted by Gasteiger charge is 2.19. The lowest BCUT2D eigenvalue weighted by molar-refractivity contribution is 0.0467. The van der Waals surface area contributed by atoms with Crippen molar-refractivity contribution in [2.75, 3.05) is 32.1 Å². The van der Waals surface area contributed by atoms with Gasteiger partial charge < -0.3 is 24.7 Å². The third kappa shape index (κ3) is 7.39. The van der Waals surface area contributed by atoms with Gasteiger partial charge in [-0.25, -0.2) is 4.79 Å². The van der Waals surface area contributed by atoms with Gasteiger partial charge in [0.05, 0.1) is 0 Å². The Hall–Kier alpha value is -4.29. The molecule has 0 saturated carbocycles. The van der Waals surface area contributed by atoms with Gasteiger partial charge in [0.2, 0.25) is 0 Å². The van der Waals surface area contributed by atoms with Crippen LogP contribution in [0.2, 0.25) is 0 Å². The molecular weight excluding hydrogens is 488 g/mol. The zero-order valence-corrected chi connectivity index (χ0v) is 22.6.